The standard InChI is InChI=1S/C41H46ClN5O4S2.C2H3NO2.CH4O/c1-4-8-27(2)37-34-15-14-28(24-35(34)46(3)45-37)10-7-18-43-32-12-5-9-29(23-32)26-52-47-19-16-31(17-20-47)44-33-13-6-11-30(25-33)39-36(42)38(51-22-21-48)40(53-39)41(49)50;4-1-3-2-5;1-2/h5-6,9,11-15,18,21,23-25,27,31,44H,4,7-8,10,16-17,19-20,22,26H2,1-3H3,(H,49,50);1-2H,(H,3,4,5);2H,1H3. The van der Waals surface area contributed by atoms with Crippen LogP contribution in [0.3, 0.4) is 0 Å². The van der Waals surface area contributed by atoms with E-state index in [0.29, 0.717) is 35.9 Å². The zero-order valence-electron chi connectivity index (χ0n) is 34.3. The Morgan fingerprint density at radius 2 is 1.82 bits per heavy atom. The number of hydrogen-bond donors (Lipinski definition) is 4. The third kappa shape index (κ3) is 13.5. The van der Waals surface area contributed by atoms with Gasteiger partial charge in [0.05, 0.1) is 21.8 Å². The van der Waals surface area contributed by atoms with Crippen molar-refractivity contribution in [3.05, 3.63) is 93.5 Å². The van der Waals surface area contributed by atoms with Crippen LogP contribution in [0.2, 0.25) is 5.02 Å². The molecule has 320 valence electrons. The van der Waals surface area contributed by atoms with Crippen molar-refractivity contribution in [3.63, 3.8) is 0 Å². The number of anilines is 1. The number of carbonyl (C=O) groups excluding carboxylic acids is 3. The molecule has 0 saturated carbocycles. The number of rotatable bonds is 19. The van der Waals surface area contributed by atoms with E-state index >= 15 is 0 Å². The van der Waals surface area contributed by atoms with Gasteiger partial charge in [-0.25, -0.2) is 4.79 Å². The smallest absolute Gasteiger partial charge is 0.349 e. The number of aliphatic hydroxyl groups excluding tert-OH is 1. The van der Waals surface area contributed by atoms with Gasteiger partial charge in [-0.15, -0.1) is 11.3 Å². The SMILES string of the molecule is CCCC(C)c1nn(C)c2cc(CCC=Nc3cccc(CSN4CCC(Nc5cccc(-c6sc(C(=O)O)c(OCC=O)c6Cl)c5)CC4)c3)ccc12.CO.O=CNC=O. The van der Waals surface area contributed by atoms with E-state index in [1.807, 2.05) is 54.2 Å². The molecular weight excluding hydrogens is 824 g/mol. The lowest BCUT2D eigenvalue weighted by Gasteiger charge is -2.32. The second kappa shape index (κ2) is 24.9. The van der Waals surface area contributed by atoms with E-state index in [9.17, 15) is 14.7 Å². The number of aromatic nitrogens is 2. The molecule has 60 heavy (non-hydrogen) atoms. The molecule has 3 aromatic carbocycles. The van der Waals surface area contributed by atoms with E-state index in [1.165, 1.54) is 27.7 Å². The molecule has 0 bridgehead atoms. The second-order valence-electron chi connectivity index (χ2n) is 13.9. The number of carboxylic acids is 1. The Morgan fingerprint density at radius 3 is 2.50 bits per heavy atom. The number of aryl methyl sites for hydroxylation is 2. The number of aliphatic imine (C=N–C) groups is 1. The molecule has 0 spiro atoms. The van der Waals surface area contributed by atoms with Gasteiger partial charge in [-0.05, 0) is 79.1 Å². The number of benzene rings is 3. The maximum Gasteiger partial charge on any atom is 0.349 e. The van der Waals surface area contributed by atoms with Crippen LogP contribution in [0.15, 0.2) is 71.7 Å². The first-order chi connectivity index (χ1) is 29.1. The van der Waals surface area contributed by atoms with Gasteiger partial charge < -0.3 is 25.6 Å². The van der Waals surface area contributed by atoms with Crippen molar-refractivity contribution in [1.29, 1.82) is 0 Å². The van der Waals surface area contributed by atoms with Crippen molar-refractivity contribution in [1.82, 2.24) is 19.4 Å². The van der Waals surface area contributed by atoms with Crippen LogP contribution in [0.4, 0.5) is 11.4 Å². The van der Waals surface area contributed by atoms with Crippen LogP contribution in [-0.4, -0.2) is 88.4 Å². The number of carbonyl (C=O) groups is 4. The fraction of sp³-hybridized carbons (Fsp3) is 0.364. The van der Waals surface area contributed by atoms with Gasteiger partial charge in [0.1, 0.15) is 11.6 Å². The van der Waals surface area contributed by atoms with Crippen molar-refractivity contribution in [2.45, 2.75) is 70.1 Å². The van der Waals surface area contributed by atoms with Crippen molar-refractivity contribution >= 4 is 88.5 Å². The highest BCUT2D eigenvalue weighted by Gasteiger charge is 2.25. The lowest BCUT2D eigenvalue weighted by atomic mass is 9.98. The quantitative estimate of drug-likeness (QED) is 0.0355. The number of fused-ring (bicyclic) bond motifs is 1. The van der Waals surface area contributed by atoms with Crippen LogP contribution in [0.5, 0.6) is 5.75 Å². The maximum absolute atomic E-state index is 11.8. The van der Waals surface area contributed by atoms with Crippen molar-refractivity contribution in [2.75, 3.05) is 32.1 Å². The summed E-state index contributed by atoms with van der Waals surface area (Å²) in [5, 5.41) is 28.4. The highest BCUT2D eigenvalue weighted by Crippen LogP contribution is 2.46. The fourth-order valence-corrected chi connectivity index (χ4v) is 9.21. The highest BCUT2D eigenvalue weighted by molar-refractivity contribution is 7.96. The predicted octanol–water partition coefficient (Wildman–Crippen LogP) is 8.69. The molecule has 1 saturated heterocycles. The zero-order chi connectivity index (χ0) is 43.4. The molecule has 0 aliphatic carbocycles. The molecule has 16 heteroatoms. The van der Waals surface area contributed by atoms with Crippen LogP contribution in [-0.2, 0) is 33.6 Å². The fourth-order valence-electron chi connectivity index (χ4n) is 6.83. The number of nitrogens with zero attached hydrogens (tertiary/aromatic N) is 4. The van der Waals surface area contributed by atoms with E-state index < -0.39 is 5.97 Å². The Hall–Kier alpha value is -5.06. The van der Waals surface area contributed by atoms with E-state index in [2.05, 4.69) is 65.9 Å². The normalized spacial score (nSPS) is 13.4. The number of ether oxygens (including phenoxy) is 1. The molecule has 0 radical (unpaired) electrons. The zero-order valence-corrected chi connectivity index (χ0v) is 36.7. The van der Waals surface area contributed by atoms with Gasteiger partial charge in [-0.2, -0.15) is 5.10 Å². The van der Waals surface area contributed by atoms with Crippen LogP contribution < -0.4 is 15.4 Å². The molecule has 2 aromatic heterocycles. The molecule has 5 aromatic rings. The number of amides is 2. The van der Waals surface area contributed by atoms with Crippen molar-refractivity contribution in [2.24, 2.45) is 12.0 Å². The van der Waals surface area contributed by atoms with Crippen LogP contribution in [0.1, 0.15) is 78.4 Å². The van der Waals surface area contributed by atoms with E-state index in [-0.39, 0.29) is 22.3 Å². The molecule has 1 aliphatic heterocycles. The number of aldehydes is 1. The first kappa shape index (κ1) is 47.6. The van der Waals surface area contributed by atoms with Gasteiger partial charge in [0.15, 0.2) is 16.9 Å². The summed E-state index contributed by atoms with van der Waals surface area (Å²) < 4.78 is 9.82. The minimum atomic E-state index is -1.14. The second-order valence-corrected chi connectivity index (χ2v) is 16.3. The maximum atomic E-state index is 11.8. The number of carboxylic acid groups (broad SMARTS) is 1. The first-order valence-electron chi connectivity index (χ1n) is 19.7. The summed E-state index contributed by atoms with van der Waals surface area (Å²) in [5.74, 6) is 0.251. The summed E-state index contributed by atoms with van der Waals surface area (Å²) in [6.45, 7) is 6.18. The number of imide groups is 1. The Kier molecular flexibility index (Phi) is 19.7. The monoisotopic (exact) mass is 876 g/mol. The summed E-state index contributed by atoms with van der Waals surface area (Å²) in [5.41, 5.74) is 7.69. The molecule has 4 N–H and O–H groups in total. The molecule has 3 heterocycles. The van der Waals surface area contributed by atoms with Gasteiger partial charge in [0.2, 0.25) is 12.8 Å². The molecule has 1 atom stereocenters. The lowest BCUT2D eigenvalue weighted by Crippen LogP contribution is -2.35. The summed E-state index contributed by atoms with van der Waals surface area (Å²) in [7, 11) is 3.04. The Balaban J connectivity index is 0.00000106. The third-order valence-corrected chi connectivity index (χ3v) is 12.5. The van der Waals surface area contributed by atoms with Gasteiger partial charge >= 0.3 is 5.97 Å². The third-order valence-electron chi connectivity index (χ3n) is 9.64. The summed E-state index contributed by atoms with van der Waals surface area (Å²) in [6.07, 6.45) is 9.35. The van der Waals surface area contributed by atoms with E-state index in [0.717, 1.165) is 92.8 Å². The average Bonchev–Trinajstić information content (AvgIpc) is 3.78. The minimum Gasteiger partial charge on any atom is -0.483 e. The topological polar surface area (TPSA) is 175 Å². The number of aliphatic hydroxyl groups is 1. The van der Waals surface area contributed by atoms with Crippen LogP contribution in [0.25, 0.3) is 21.3 Å². The van der Waals surface area contributed by atoms with Crippen molar-refractivity contribution in [3.8, 4) is 16.2 Å². The molecule has 2 amide bonds. The number of aromatic carboxylic acids is 1. The molecule has 6 rings (SSSR count). The van der Waals surface area contributed by atoms with E-state index in [4.69, 9.17) is 41.1 Å². The molecular formula is C44H53ClN6O7S2. The van der Waals surface area contributed by atoms with Gasteiger partial charge in [0, 0.05) is 62.2 Å². The molecule has 1 fully saturated rings. The van der Waals surface area contributed by atoms with Gasteiger partial charge in [-0.3, -0.25) is 28.4 Å². The number of piperidine rings is 1. The number of halogens is 1. The Morgan fingerprint density at radius 1 is 1.07 bits per heavy atom. The number of nitrogens with one attached hydrogen (secondary N) is 2. The number of thiophene rings is 1. The summed E-state index contributed by atoms with van der Waals surface area (Å²) >= 11 is 9.45. The minimum absolute atomic E-state index is 0.0220. The Labute approximate surface area is 364 Å². The summed E-state index contributed by atoms with van der Waals surface area (Å²) in [6, 6.07) is 23.4. The number of hydrogen-bond acceptors (Lipinski definition) is 12. The Bertz CT molecular complexity index is 2200. The summed E-state index contributed by atoms with van der Waals surface area (Å²) in [4.78, 5) is 46.1. The molecule has 13 nitrogen and oxygen atoms in total. The highest BCUT2D eigenvalue weighted by atomic mass is 35.5. The first-order valence-corrected chi connectivity index (χ1v) is 21.8. The van der Waals surface area contributed by atoms with Gasteiger partial charge in [0.25, 0.3) is 0 Å². The largest absolute Gasteiger partial charge is 0.483 e. The van der Waals surface area contributed by atoms with Crippen LogP contribution in [0, 0.1) is 0 Å². The molecule has 1 unspecified atom stereocenters. The van der Waals surface area contributed by atoms with Gasteiger partial charge in [-0.1, -0.05) is 80.2 Å². The van der Waals surface area contributed by atoms with Crippen molar-refractivity contribution < 1.29 is 34.1 Å². The van der Waals surface area contributed by atoms with E-state index in [1.54, 1.807) is 5.32 Å². The predicted molar refractivity (Wildman–Crippen MR) is 243 cm³/mol. The molecule has 1 aliphatic rings. The average molecular weight is 878 g/mol. The lowest BCUT2D eigenvalue weighted by molar-refractivity contribution is -0.117. The van der Waals surface area contributed by atoms with Crippen LogP contribution >= 0.6 is 34.9 Å².